The van der Waals surface area contributed by atoms with Crippen molar-refractivity contribution in [2.75, 3.05) is 6.54 Å². The summed E-state index contributed by atoms with van der Waals surface area (Å²) in [6.45, 7) is 0.448. The number of rotatable bonds is 8. The molecule has 2 aromatic heterocycles. The Morgan fingerprint density at radius 3 is 2.93 bits per heavy atom. The molecule has 1 aromatic carbocycles. The van der Waals surface area contributed by atoms with Crippen LogP contribution in [0, 0.1) is 5.82 Å². The number of carbonyl (C=O) groups is 3. The molecule has 1 aliphatic rings. The molecule has 0 bridgehead atoms. The van der Waals surface area contributed by atoms with Crippen LogP contribution in [0.5, 0.6) is 0 Å². The van der Waals surface area contributed by atoms with Crippen molar-refractivity contribution in [2.24, 2.45) is 0 Å². The largest absolute Gasteiger partial charge is 0.467 e. The van der Waals surface area contributed by atoms with Crippen molar-refractivity contribution >= 4 is 28.7 Å². The van der Waals surface area contributed by atoms with E-state index in [9.17, 15) is 18.8 Å². The fourth-order valence-electron chi connectivity index (χ4n) is 3.54. The van der Waals surface area contributed by atoms with Crippen molar-refractivity contribution < 1.29 is 23.2 Å². The molecular weight excluding hydrogens is 391 g/mol. The Bertz CT molecular complexity index is 1080. The van der Waals surface area contributed by atoms with E-state index in [0.717, 1.165) is 21.4 Å². The van der Waals surface area contributed by atoms with E-state index in [0.29, 0.717) is 12.2 Å². The van der Waals surface area contributed by atoms with Crippen molar-refractivity contribution in [3.63, 3.8) is 0 Å². The van der Waals surface area contributed by atoms with Gasteiger partial charge in [-0.3, -0.25) is 14.5 Å². The minimum Gasteiger partial charge on any atom is -0.467 e. The minimum atomic E-state index is -0.729. The number of hydrogen-bond donors (Lipinski definition) is 3. The maximum atomic E-state index is 13.5. The van der Waals surface area contributed by atoms with E-state index in [2.05, 4.69) is 15.6 Å². The number of H-pyrrole nitrogens is 1. The highest BCUT2D eigenvalue weighted by Gasteiger charge is 2.37. The number of aromatic nitrogens is 1. The third kappa shape index (κ3) is 4.19. The van der Waals surface area contributed by atoms with Crippen molar-refractivity contribution in [1.82, 2.24) is 20.5 Å². The van der Waals surface area contributed by atoms with E-state index >= 15 is 0 Å². The molecule has 1 saturated heterocycles. The highest BCUT2D eigenvalue weighted by molar-refractivity contribution is 6.04. The Morgan fingerprint density at radius 1 is 1.27 bits per heavy atom. The van der Waals surface area contributed by atoms with Crippen LogP contribution in [0.3, 0.4) is 0 Å². The molecule has 1 atom stereocenters. The zero-order valence-corrected chi connectivity index (χ0v) is 16.1. The summed E-state index contributed by atoms with van der Waals surface area (Å²) in [7, 11) is 0. The molecule has 1 fully saturated rings. The molecule has 30 heavy (non-hydrogen) atoms. The lowest BCUT2D eigenvalue weighted by molar-refractivity contribution is -0.127. The monoisotopic (exact) mass is 412 g/mol. The predicted molar refractivity (Wildman–Crippen MR) is 106 cm³/mol. The number of benzene rings is 1. The van der Waals surface area contributed by atoms with Gasteiger partial charge in [-0.2, -0.15) is 0 Å². The van der Waals surface area contributed by atoms with Crippen LogP contribution in [-0.4, -0.2) is 40.3 Å². The summed E-state index contributed by atoms with van der Waals surface area (Å²) in [5, 5.41) is 6.06. The maximum Gasteiger partial charge on any atom is 0.324 e. The van der Waals surface area contributed by atoms with Gasteiger partial charge in [-0.05, 0) is 48.7 Å². The summed E-state index contributed by atoms with van der Waals surface area (Å²) in [5.41, 5.74) is 1.62. The molecule has 9 heteroatoms. The number of fused-ring (bicyclic) bond motifs is 1. The van der Waals surface area contributed by atoms with E-state index in [4.69, 9.17) is 4.42 Å². The molecule has 0 radical (unpaired) electrons. The summed E-state index contributed by atoms with van der Waals surface area (Å²) in [6.07, 6.45) is 3.99. The lowest BCUT2D eigenvalue weighted by atomic mass is 10.1. The average Bonchev–Trinajstić information content (AvgIpc) is 3.44. The molecule has 8 nitrogen and oxygen atoms in total. The maximum absolute atomic E-state index is 13.5. The molecule has 0 unspecified atom stereocenters. The Hall–Kier alpha value is -3.62. The predicted octanol–water partition coefficient (Wildman–Crippen LogP) is 2.46. The summed E-state index contributed by atoms with van der Waals surface area (Å²) in [6, 6.07) is 6.72. The number of nitrogens with zero attached hydrogens (tertiary/aromatic N) is 1. The minimum absolute atomic E-state index is 0.104. The molecule has 1 aliphatic heterocycles. The van der Waals surface area contributed by atoms with E-state index in [1.54, 1.807) is 24.4 Å². The lowest BCUT2D eigenvalue weighted by Gasteiger charge is -2.12. The number of carbonyl (C=O) groups excluding carboxylic acids is 3. The topological polar surface area (TPSA) is 107 Å². The Kier molecular flexibility index (Phi) is 5.51. The van der Waals surface area contributed by atoms with Crippen LogP contribution in [0.25, 0.3) is 10.9 Å². The highest BCUT2D eigenvalue weighted by atomic mass is 19.1. The highest BCUT2D eigenvalue weighted by Crippen LogP contribution is 2.21. The number of imide groups is 1. The van der Waals surface area contributed by atoms with E-state index in [-0.39, 0.29) is 43.6 Å². The smallest absolute Gasteiger partial charge is 0.324 e. The Morgan fingerprint density at radius 2 is 2.13 bits per heavy atom. The first-order valence-electron chi connectivity index (χ1n) is 9.68. The van der Waals surface area contributed by atoms with Gasteiger partial charge in [0, 0.05) is 30.1 Å². The van der Waals surface area contributed by atoms with Gasteiger partial charge in [-0.1, -0.05) is 0 Å². The Labute approximate surface area is 171 Å². The fourth-order valence-corrected chi connectivity index (χ4v) is 3.54. The summed E-state index contributed by atoms with van der Waals surface area (Å²) >= 11 is 0. The van der Waals surface area contributed by atoms with Crippen molar-refractivity contribution in [3.05, 3.63) is 59.9 Å². The average molecular weight is 412 g/mol. The van der Waals surface area contributed by atoms with Crippen molar-refractivity contribution in [1.29, 1.82) is 0 Å². The first-order valence-corrected chi connectivity index (χ1v) is 9.68. The standard InChI is InChI=1S/C21H21FN4O4/c22-14-3-4-17-16(10-14)13(11-23-17)7-8-26-20(28)18(25-21(26)29)5-6-19(27)24-12-15-2-1-9-30-15/h1-4,9-11,18,23H,5-8,12H2,(H,24,27)(H,25,29)/t18-/m0/s1. The number of urea groups is 1. The first kappa shape index (κ1) is 19.7. The number of amides is 4. The van der Waals surface area contributed by atoms with Crippen molar-refractivity contribution in [3.8, 4) is 0 Å². The third-order valence-corrected chi connectivity index (χ3v) is 5.14. The Balaban J connectivity index is 1.29. The molecule has 156 valence electrons. The molecular formula is C21H21FN4O4. The van der Waals surface area contributed by atoms with Gasteiger partial charge in [0.15, 0.2) is 0 Å². The first-order chi connectivity index (χ1) is 14.5. The van der Waals surface area contributed by atoms with Crippen LogP contribution in [0.4, 0.5) is 9.18 Å². The zero-order chi connectivity index (χ0) is 21.1. The fraction of sp³-hybridized carbons (Fsp3) is 0.286. The molecule has 0 spiro atoms. The number of nitrogens with one attached hydrogen (secondary N) is 3. The van der Waals surface area contributed by atoms with Crippen LogP contribution in [0.2, 0.25) is 0 Å². The van der Waals surface area contributed by atoms with E-state index in [1.165, 1.54) is 18.4 Å². The molecule has 3 N–H and O–H groups in total. The lowest BCUT2D eigenvalue weighted by Crippen LogP contribution is -2.33. The van der Waals surface area contributed by atoms with Gasteiger partial charge in [-0.25, -0.2) is 9.18 Å². The quantitative estimate of drug-likeness (QED) is 0.494. The summed E-state index contributed by atoms with van der Waals surface area (Å²) in [5.74, 6) is -0.293. The van der Waals surface area contributed by atoms with E-state index in [1.807, 2.05) is 0 Å². The van der Waals surface area contributed by atoms with Gasteiger partial charge in [0.05, 0.1) is 12.8 Å². The van der Waals surface area contributed by atoms with Gasteiger partial charge >= 0.3 is 6.03 Å². The van der Waals surface area contributed by atoms with Gasteiger partial charge < -0.3 is 20.0 Å². The molecule has 3 heterocycles. The second-order valence-corrected chi connectivity index (χ2v) is 7.14. The SMILES string of the molecule is O=C(CC[C@@H]1NC(=O)N(CCc2c[nH]c3ccc(F)cc23)C1=O)NCc1ccco1. The van der Waals surface area contributed by atoms with Gasteiger partial charge in [0.1, 0.15) is 17.6 Å². The van der Waals surface area contributed by atoms with Gasteiger partial charge in [0.2, 0.25) is 5.91 Å². The van der Waals surface area contributed by atoms with E-state index < -0.39 is 12.1 Å². The molecule has 0 saturated carbocycles. The van der Waals surface area contributed by atoms with Crippen LogP contribution in [-0.2, 0) is 22.6 Å². The number of halogens is 1. The molecule has 0 aliphatic carbocycles. The van der Waals surface area contributed by atoms with Crippen LogP contribution in [0.1, 0.15) is 24.2 Å². The third-order valence-electron chi connectivity index (χ3n) is 5.14. The van der Waals surface area contributed by atoms with Gasteiger partial charge in [0.25, 0.3) is 5.91 Å². The van der Waals surface area contributed by atoms with Crippen LogP contribution in [0.15, 0.2) is 47.2 Å². The van der Waals surface area contributed by atoms with Gasteiger partial charge in [-0.15, -0.1) is 0 Å². The molecule has 4 amide bonds. The number of hydrogen-bond acceptors (Lipinski definition) is 4. The zero-order valence-electron chi connectivity index (χ0n) is 16.1. The second-order valence-electron chi connectivity index (χ2n) is 7.14. The number of aromatic amines is 1. The van der Waals surface area contributed by atoms with Crippen LogP contribution < -0.4 is 10.6 Å². The summed E-state index contributed by atoms with van der Waals surface area (Å²) < 4.78 is 18.7. The molecule has 4 rings (SSSR count). The van der Waals surface area contributed by atoms with Crippen molar-refractivity contribution in [2.45, 2.75) is 31.8 Å². The molecule has 3 aromatic rings. The second kappa shape index (κ2) is 8.40. The number of furan rings is 1. The normalized spacial score (nSPS) is 16.3. The van der Waals surface area contributed by atoms with Crippen LogP contribution >= 0.6 is 0 Å². The summed E-state index contributed by atoms with van der Waals surface area (Å²) in [4.78, 5) is 41.0.